The summed E-state index contributed by atoms with van der Waals surface area (Å²) in [6, 6.07) is 11.9. The van der Waals surface area contributed by atoms with Crippen molar-refractivity contribution in [2.45, 2.75) is 32.9 Å². The molecule has 1 amide bonds. The van der Waals surface area contributed by atoms with Gasteiger partial charge in [0.1, 0.15) is 13.2 Å². The molecule has 32 heavy (non-hydrogen) atoms. The van der Waals surface area contributed by atoms with E-state index in [1.54, 1.807) is 0 Å². The first-order valence-electron chi connectivity index (χ1n) is 10.6. The third kappa shape index (κ3) is 5.98. The summed E-state index contributed by atoms with van der Waals surface area (Å²) in [5.41, 5.74) is 3.02. The Morgan fingerprint density at radius 1 is 1.12 bits per heavy atom. The summed E-state index contributed by atoms with van der Waals surface area (Å²) >= 11 is 6.32. The molecule has 0 aliphatic carbocycles. The molecule has 2 heterocycles. The van der Waals surface area contributed by atoms with Gasteiger partial charge in [0.25, 0.3) is 0 Å². The smallest absolute Gasteiger partial charge is 0.227 e. The van der Waals surface area contributed by atoms with Gasteiger partial charge in [-0.25, -0.2) is 4.99 Å². The number of hydrogen-bond acceptors (Lipinski definition) is 4. The van der Waals surface area contributed by atoms with E-state index in [0.29, 0.717) is 55.2 Å². The van der Waals surface area contributed by atoms with Crippen LogP contribution < -0.4 is 25.0 Å². The molecule has 0 saturated carbocycles. The number of carbonyl (C=O) groups excluding carboxylic acids is 1. The lowest BCUT2D eigenvalue weighted by molar-refractivity contribution is -0.117. The second-order valence-electron chi connectivity index (χ2n) is 7.47. The topological polar surface area (TPSA) is 75.2 Å². The standard InChI is InChI=1S/C23H27ClN4O3.HI/c1-2-25-23(27-15-17-12-19(24)22-20(13-17)30-10-11-31-22)26-14-16-5-7-18(8-6-16)28-9-3-4-21(28)29;/h5-8,12-13H,2-4,9-11,14-15H2,1H3,(H2,25,26,27);1H. The van der Waals surface area contributed by atoms with Gasteiger partial charge in [-0.1, -0.05) is 23.7 Å². The molecule has 2 N–H and O–H groups in total. The monoisotopic (exact) mass is 570 g/mol. The van der Waals surface area contributed by atoms with E-state index >= 15 is 0 Å². The van der Waals surface area contributed by atoms with Crippen molar-refractivity contribution in [3.05, 3.63) is 52.5 Å². The minimum absolute atomic E-state index is 0. The van der Waals surface area contributed by atoms with Crippen molar-refractivity contribution in [1.29, 1.82) is 0 Å². The molecule has 0 bridgehead atoms. The number of anilines is 1. The Balaban J connectivity index is 0.00000289. The minimum atomic E-state index is 0. The maximum absolute atomic E-state index is 11.9. The second kappa shape index (κ2) is 11.6. The third-order valence-corrected chi connectivity index (χ3v) is 5.48. The predicted molar refractivity (Wildman–Crippen MR) is 138 cm³/mol. The Morgan fingerprint density at radius 3 is 2.62 bits per heavy atom. The minimum Gasteiger partial charge on any atom is -0.486 e. The number of amides is 1. The molecular weight excluding hydrogens is 543 g/mol. The number of nitrogens with one attached hydrogen (secondary N) is 2. The Kier molecular flexibility index (Phi) is 8.86. The molecule has 0 atom stereocenters. The Morgan fingerprint density at radius 2 is 1.91 bits per heavy atom. The molecule has 0 unspecified atom stereocenters. The lowest BCUT2D eigenvalue weighted by atomic mass is 10.2. The van der Waals surface area contributed by atoms with Gasteiger partial charge in [0.05, 0.1) is 11.6 Å². The number of aliphatic imine (C=N–C) groups is 1. The number of fused-ring (bicyclic) bond motifs is 1. The first-order valence-corrected chi connectivity index (χ1v) is 11.0. The number of nitrogens with zero attached hydrogens (tertiary/aromatic N) is 2. The van der Waals surface area contributed by atoms with Crippen molar-refractivity contribution in [3.63, 3.8) is 0 Å². The van der Waals surface area contributed by atoms with Gasteiger partial charge >= 0.3 is 0 Å². The maximum atomic E-state index is 11.9. The number of ether oxygens (including phenoxy) is 2. The molecule has 2 aliphatic heterocycles. The molecule has 2 aliphatic rings. The fourth-order valence-corrected chi connectivity index (χ4v) is 3.96. The fraction of sp³-hybridized carbons (Fsp3) is 0.391. The molecule has 9 heteroatoms. The van der Waals surface area contributed by atoms with Crippen molar-refractivity contribution in [2.24, 2.45) is 4.99 Å². The van der Waals surface area contributed by atoms with Crippen LogP contribution in [0.25, 0.3) is 0 Å². The number of hydrogen-bond donors (Lipinski definition) is 2. The first-order chi connectivity index (χ1) is 15.1. The molecular formula is C23H28ClIN4O3. The van der Waals surface area contributed by atoms with Crippen LogP contribution in [-0.4, -0.2) is 38.2 Å². The average molecular weight is 571 g/mol. The highest BCUT2D eigenvalue weighted by Crippen LogP contribution is 2.38. The number of benzene rings is 2. The van der Waals surface area contributed by atoms with Gasteiger partial charge in [0, 0.05) is 31.7 Å². The van der Waals surface area contributed by atoms with Crippen LogP contribution in [0.3, 0.4) is 0 Å². The lowest BCUT2D eigenvalue weighted by Crippen LogP contribution is -2.36. The number of halogens is 2. The number of guanidine groups is 1. The van der Waals surface area contributed by atoms with Gasteiger partial charge in [-0.15, -0.1) is 24.0 Å². The summed E-state index contributed by atoms with van der Waals surface area (Å²) in [6.07, 6.45) is 1.57. The highest BCUT2D eigenvalue weighted by atomic mass is 127. The fourth-order valence-electron chi connectivity index (χ4n) is 3.67. The molecule has 1 saturated heterocycles. The van der Waals surface area contributed by atoms with E-state index < -0.39 is 0 Å². The quantitative estimate of drug-likeness (QED) is 0.311. The van der Waals surface area contributed by atoms with Gasteiger partial charge in [0.2, 0.25) is 5.91 Å². The molecule has 0 radical (unpaired) electrons. The summed E-state index contributed by atoms with van der Waals surface area (Å²) < 4.78 is 11.2. The zero-order valence-electron chi connectivity index (χ0n) is 18.0. The van der Waals surface area contributed by atoms with Crippen LogP contribution in [0.4, 0.5) is 5.69 Å². The van der Waals surface area contributed by atoms with Gasteiger partial charge < -0.3 is 25.0 Å². The van der Waals surface area contributed by atoms with E-state index in [1.165, 1.54) is 0 Å². The van der Waals surface area contributed by atoms with E-state index in [9.17, 15) is 4.79 Å². The van der Waals surface area contributed by atoms with E-state index in [4.69, 9.17) is 21.1 Å². The van der Waals surface area contributed by atoms with Gasteiger partial charge in [-0.3, -0.25) is 4.79 Å². The van der Waals surface area contributed by atoms with Crippen LogP contribution >= 0.6 is 35.6 Å². The lowest BCUT2D eigenvalue weighted by Gasteiger charge is -2.20. The highest BCUT2D eigenvalue weighted by Gasteiger charge is 2.21. The van der Waals surface area contributed by atoms with E-state index in [-0.39, 0.29) is 29.9 Å². The van der Waals surface area contributed by atoms with Crippen molar-refractivity contribution >= 4 is 53.1 Å². The Hall–Kier alpha value is -2.20. The Bertz CT molecular complexity index is 968. The van der Waals surface area contributed by atoms with Crippen molar-refractivity contribution < 1.29 is 14.3 Å². The Labute approximate surface area is 210 Å². The molecule has 1 fully saturated rings. The van der Waals surface area contributed by atoms with Crippen LogP contribution in [0.2, 0.25) is 5.02 Å². The normalized spacial score (nSPS) is 15.4. The zero-order valence-corrected chi connectivity index (χ0v) is 21.1. The molecule has 0 aromatic heterocycles. The van der Waals surface area contributed by atoms with Crippen molar-refractivity contribution in [1.82, 2.24) is 10.6 Å². The predicted octanol–water partition coefficient (Wildman–Crippen LogP) is 4.11. The summed E-state index contributed by atoms with van der Waals surface area (Å²) in [4.78, 5) is 18.4. The molecule has 0 spiro atoms. The van der Waals surface area contributed by atoms with Gasteiger partial charge in [-0.05, 0) is 48.7 Å². The maximum Gasteiger partial charge on any atom is 0.227 e. The average Bonchev–Trinajstić information content (AvgIpc) is 3.22. The summed E-state index contributed by atoms with van der Waals surface area (Å²) in [5, 5.41) is 7.15. The molecule has 2 aromatic carbocycles. The third-order valence-electron chi connectivity index (χ3n) is 5.20. The van der Waals surface area contributed by atoms with E-state index in [0.717, 1.165) is 36.3 Å². The van der Waals surface area contributed by atoms with Crippen LogP contribution in [0, 0.1) is 0 Å². The SMILES string of the molecule is CCNC(=NCc1cc(Cl)c2c(c1)OCCO2)NCc1ccc(N2CCCC2=O)cc1.I. The van der Waals surface area contributed by atoms with Crippen LogP contribution in [0.1, 0.15) is 30.9 Å². The second-order valence-corrected chi connectivity index (χ2v) is 7.87. The molecule has 4 rings (SSSR count). The highest BCUT2D eigenvalue weighted by molar-refractivity contribution is 14.0. The van der Waals surface area contributed by atoms with Gasteiger partial charge in [-0.2, -0.15) is 0 Å². The largest absolute Gasteiger partial charge is 0.486 e. The number of carbonyl (C=O) groups is 1. The first kappa shape index (κ1) is 24.4. The number of rotatable bonds is 6. The summed E-state index contributed by atoms with van der Waals surface area (Å²) in [5.74, 6) is 2.18. The van der Waals surface area contributed by atoms with E-state index in [1.807, 2.05) is 48.2 Å². The molecule has 2 aromatic rings. The van der Waals surface area contributed by atoms with E-state index in [2.05, 4.69) is 15.6 Å². The summed E-state index contributed by atoms with van der Waals surface area (Å²) in [7, 11) is 0. The molecule has 172 valence electrons. The van der Waals surface area contributed by atoms with Crippen molar-refractivity contribution in [3.8, 4) is 11.5 Å². The zero-order chi connectivity index (χ0) is 21.6. The van der Waals surface area contributed by atoms with Crippen LogP contribution in [0.5, 0.6) is 11.5 Å². The van der Waals surface area contributed by atoms with Crippen LogP contribution in [0.15, 0.2) is 41.4 Å². The van der Waals surface area contributed by atoms with Gasteiger partial charge in [0.15, 0.2) is 17.5 Å². The van der Waals surface area contributed by atoms with Crippen LogP contribution in [-0.2, 0) is 17.9 Å². The summed E-state index contributed by atoms with van der Waals surface area (Å²) in [6.45, 7) is 5.70. The van der Waals surface area contributed by atoms with Crippen molar-refractivity contribution in [2.75, 3.05) is 31.2 Å². The molecule has 7 nitrogen and oxygen atoms in total.